The summed E-state index contributed by atoms with van der Waals surface area (Å²) >= 11 is 0. The maximum absolute atomic E-state index is 10.5. The van der Waals surface area contributed by atoms with Gasteiger partial charge in [-0.2, -0.15) is 0 Å². The van der Waals surface area contributed by atoms with E-state index in [1.165, 1.54) is 0 Å². The topological polar surface area (TPSA) is 75.7 Å². The lowest BCUT2D eigenvalue weighted by molar-refractivity contribution is 0.0245. The SMILES string of the molecule is CC(O)C1NC2C(O)=CC(N3CC3)C(O)C2C1C. The van der Waals surface area contributed by atoms with Crippen molar-refractivity contribution >= 4 is 0 Å². The van der Waals surface area contributed by atoms with Gasteiger partial charge in [-0.15, -0.1) is 0 Å². The minimum Gasteiger partial charge on any atom is -0.511 e. The molecule has 1 aliphatic carbocycles. The minimum atomic E-state index is -0.481. The summed E-state index contributed by atoms with van der Waals surface area (Å²) in [6, 6.07) is -0.354. The van der Waals surface area contributed by atoms with E-state index in [4.69, 9.17) is 0 Å². The Labute approximate surface area is 107 Å². The largest absolute Gasteiger partial charge is 0.511 e. The zero-order valence-corrected chi connectivity index (χ0v) is 10.8. The second-order valence-corrected chi connectivity index (χ2v) is 5.96. The molecule has 0 aromatic heterocycles. The van der Waals surface area contributed by atoms with Gasteiger partial charge in [-0.1, -0.05) is 6.92 Å². The van der Waals surface area contributed by atoms with Crippen LogP contribution in [-0.4, -0.2) is 63.6 Å². The molecular weight excluding hydrogens is 232 g/mol. The number of aliphatic hydroxyl groups is 3. The molecule has 5 nitrogen and oxygen atoms in total. The number of aliphatic hydroxyl groups excluding tert-OH is 3. The van der Waals surface area contributed by atoms with Crippen LogP contribution in [0.1, 0.15) is 13.8 Å². The third-order valence-corrected chi connectivity index (χ3v) is 4.76. The molecule has 5 heteroatoms. The van der Waals surface area contributed by atoms with Crippen molar-refractivity contribution in [3.05, 3.63) is 11.8 Å². The summed E-state index contributed by atoms with van der Waals surface area (Å²) < 4.78 is 0. The molecule has 0 spiro atoms. The molecule has 2 saturated heterocycles. The molecule has 0 bridgehead atoms. The third-order valence-electron chi connectivity index (χ3n) is 4.76. The van der Waals surface area contributed by atoms with Crippen molar-refractivity contribution in [1.29, 1.82) is 0 Å². The van der Waals surface area contributed by atoms with Crippen molar-refractivity contribution in [3.8, 4) is 0 Å². The molecule has 7 atom stereocenters. The van der Waals surface area contributed by atoms with Gasteiger partial charge >= 0.3 is 0 Å². The fraction of sp³-hybridized carbons (Fsp3) is 0.846. The number of hydrogen-bond acceptors (Lipinski definition) is 5. The Morgan fingerprint density at radius 2 is 2.11 bits per heavy atom. The van der Waals surface area contributed by atoms with E-state index in [0.717, 1.165) is 13.1 Å². The van der Waals surface area contributed by atoms with Gasteiger partial charge in [-0.3, -0.25) is 4.90 Å². The van der Waals surface area contributed by atoms with Crippen LogP contribution in [0, 0.1) is 11.8 Å². The fourth-order valence-corrected chi connectivity index (χ4v) is 3.66. The lowest BCUT2D eigenvalue weighted by Gasteiger charge is -2.36. The zero-order valence-electron chi connectivity index (χ0n) is 10.8. The van der Waals surface area contributed by atoms with Gasteiger partial charge in [0.05, 0.1) is 24.3 Å². The Balaban J connectivity index is 1.87. The molecule has 2 heterocycles. The summed E-state index contributed by atoms with van der Waals surface area (Å²) in [5.74, 6) is 0.431. The highest BCUT2D eigenvalue weighted by Crippen LogP contribution is 2.40. The lowest BCUT2D eigenvalue weighted by atomic mass is 9.76. The van der Waals surface area contributed by atoms with Crippen molar-refractivity contribution in [2.24, 2.45) is 11.8 Å². The van der Waals surface area contributed by atoms with Gasteiger partial charge in [0.2, 0.25) is 0 Å². The molecule has 0 radical (unpaired) electrons. The Morgan fingerprint density at radius 3 is 2.67 bits per heavy atom. The van der Waals surface area contributed by atoms with Crippen LogP contribution in [0.2, 0.25) is 0 Å². The van der Waals surface area contributed by atoms with Crippen LogP contribution in [-0.2, 0) is 0 Å². The Hall–Kier alpha value is -0.620. The van der Waals surface area contributed by atoms with E-state index in [2.05, 4.69) is 10.2 Å². The highest BCUT2D eigenvalue weighted by Gasteiger charge is 2.52. The summed E-state index contributed by atoms with van der Waals surface area (Å²) in [4.78, 5) is 2.15. The molecule has 0 aromatic rings. The van der Waals surface area contributed by atoms with Crippen LogP contribution in [0.15, 0.2) is 11.8 Å². The molecule has 18 heavy (non-hydrogen) atoms. The van der Waals surface area contributed by atoms with Gasteiger partial charge in [-0.05, 0) is 18.9 Å². The predicted molar refractivity (Wildman–Crippen MR) is 67.1 cm³/mol. The van der Waals surface area contributed by atoms with Crippen molar-refractivity contribution in [2.45, 2.75) is 44.2 Å². The highest BCUT2D eigenvalue weighted by molar-refractivity contribution is 5.23. The molecule has 3 aliphatic rings. The quantitative estimate of drug-likeness (QED) is 0.498. The first-order valence-corrected chi connectivity index (χ1v) is 6.77. The molecule has 102 valence electrons. The molecule has 0 saturated carbocycles. The van der Waals surface area contributed by atoms with Gasteiger partial charge in [0.1, 0.15) is 5.76 Å². The number of fused-ring (bicyclic) bond motifs is 1. The molecule has 2 aliphatic heterocycles. The van der Waals surface area contributed by atoms with E-state index < -0.39 is 12.2 Å². The van der Waals surface area contributed by atoms with E-state index >= 15 is 0 Å². The van der Waals surface area contributed by atoms with Gasteiger partial charge in [-0.25, -0.2) is 0 Å². The van der Waals surface area contributed by atoms with Crippen molar-refractivity contribution in [3.63, 3.8) is 0 Å². The molecule has 7 unspecified atom stereocenters. The molecule has 0 aromatic carbocycles. The average molecular weight is 254 g/mol. The van der Waals surface area contributed by atoms with Gasteiger partial charge in [0.15, 0.2) is 0 Å². The fourth-order valence-electron chi connectivity index (χ4n) is 3.66. The lowest BCUT2D eigenvalue weighted by Crippen LogP contribution is -2.49. The second kappa shape index (κ2) is 4.20. The monoisotopic (exact) mass is 254 g/mol. The van der Waals surface area contributed by atoms with Crippen molar-refractivity contribution in [2.75, 3.05) is 13.1 Å². The smallest absolute Gasteiger partial charge is 0.107 e. The van der Waals surface area contributed by atoms with Crippen LogP contribution in [0.3, 0.4) is 0 Å². The van der Waals surface area contributed by atoms with Crippen LogP contribution in [0.5, 0.6) is 0 Å². The number of hydrogen-bond donors (Lipinski definition) is 4. The van der Waals surface area contributed by atoms with Crippen molar-refractivity contribution in [1.82, 2.24) is 10.2 Å². The first-order chi connectivity index (χ1) is 8.50. The summed E-state index contributed by atoms with van der Waals surface area (Å²) in [6.45, 7) is 5.77. The summed E-state index contributed by atoms with van der Waals surface area (Å²) in [6.07, 6.45) is 0.813. The normalized spacial score (nSPS) is 49.7. The first-order valence-electron chi connectivity index (χ1n) is 6.77. The first kappa shape index (κ1) is 12.4. The van der Waals surface area contributed by atoms with E-state index in [0.29, 0.717) is 5.76 Å². The molecule has 2 fully saturated rings. The number of rotatable bonds is 2. The molecule has 3 rings (SSSR count). The highest BCUT2D eigenvalue weighted by atomic mass is 16.3. The van der Waals surface area contributed by atoms with E-state index in [-0.39, 0.29) is 30.0 Å². The summed E-state index contributed by atoms with van der Waals surface area (Å²) in [5, 5.41) is 33.7. The van der Waals surface area contributed by atoms with E-state index in [9.17, 15) is 15.3 Å². The maximum atomic E-state index is 10.5. The maximum Gasteiger partial charge on any atom is 0.107 e. The van der Waals surface area contributed by atoms with Crippen LogP contribution in [0.25, 0.3) is 0 Å². The second-order valence-electron chi connectivity index (χ2n) is 5.96. The number of nitrogens with zero attached hydrogens (tertiary/aromatic N) is 1. The standard InChI is InChI=1S/C13H22N2O3/c1-6-10-12(14-11(6)7(2)16)9(17)5-8(13(10)18)15-3-4-15/h5-8,10-14,16-18H,3-4H2,1-2H3. The summed E-state index contributed by atoms with van der Waals surface area (Å²) in [7, 11) is 0. The average Bonchev–Trinajstić information content (AvgIpc) is 3.07. The Bertz CT molecular complexity index is 367. The molecule has 0 amide bonds. The van der Waals surface area contributed by atoms with E-state index in [1.807, 2.05) is 6.92 Å². The Morgan fingerprint density at radius 1 is 1.44 bits per heavy atom. The Kier molecular flexibility index (Phi) is 2.90. The van der Waals surface area contributed by atoms with Gasteiger partial charge in [0, 0.05) is 25.0 Å². The molecular formula is C13H22N2O3. The minimum absolute atomic E-state index is 0.0276. The molecule has 4 N–H and O–H groups in total. The van der Waals surface area contributed by atoms with Crippen molar-refractivity contribution < 1.29 is 15.3 Å². The van der Waals surface area contributed by atoms with Gasteiger partial charge in [0.25, 0.3) is 0 Å². The summed E-state index contributed by atoms with van der Waals surface area (Å²) in [5.41, 5.74) is 0. The van der Waals surface area contributed by atoms with E-state index in [1.54, 1.807) is 13.0 Å². The third kappa shape index (κ3) is 1.77. The van der Waals surface area contributed by atoms with Crippen LogP contribution in [0.4, 0.5) is 0 Å². The predicted octanol–water partition coefficient (Wildman–Crippen LogP) is -0.539. The number of nitrogens with one attached hydrogen (secondary N) is 1. The van der Waals surface area contributed by atoms with Crippen LogP contribution < -0.4 is 5.32 Å². The van der Waals surface area contributed by atoms with Crippen LogP contribution >= 0.6 is 0 Å². The zero-order chi connectivity index (χ0) is 13.0. The van der Waals surface area contributed by atoms with Gasteiger partial charge < -0.3 is 20.6 Å².